The lowest BCUT2D eigenvalue weighted by molar-refractivity contribution is -0.127. The van der Waals surface area contributed by atoms with Gasteiger partial charge in [-0.1, -0.05) is 12.1 Å². The quantitative estimate of drug-likeness (QED) is 0.357. The molecule has 0 atom stereocenters. The number of benzene rings is 2. The highest BCUT2D eigenvalue weighted by Gasteiger charge is 2.45. The number of hydrogen-bond donors (Lipinski definition) is 0. The maximum Gasteiger partial charge on any atom is 0.393 e. The second-order valence-electron chi connectivity index (χ2n) is 11.0. The third-order valence-electron chi connectivity index (χ3n) is 8.47. The van der Waals surface area contributed by atoms with Gasteiger partial charge in [-0.25, -0.2) is 9.97 Å². The van der Waals surface area contributed by atoms with E-state index in [4.69, 9.17) is 0 Å². The van der Waals surface area contributed by atoms with E-state index in [1.54, 1.807) is 12.1 Å². The van der Waals surface area contributed by atoms with Gasteiger partial charge >= 0.3 is 6.18 Å². The van der Waals surface area contributed by atoms with Crippen LogP contribution in [-0.4, -0.2) is 51.8 Å². The van der Waals surface area contributed by atoms with Crippen LogP contribution < -0.4 is 4.90 Å². The number of hydrogen-bond acceptors (Lipinski definition) is 5. The molecule has 0 bridgehead atoms. The largest absolute Gasteiger partial charge is 0.393 e. The monoisotopic (exact) mass is 518 g/mol. The fourth-order valence-corrected chi connectivity index (χ4v) is 6.22. The van der Waals surface area contributed by atoms with Gasteiger partial charge in [0.25, 0.3) is 0 Å². The molecule has 4 aromatic rings. The third kappa shape index (κ3) is 4.37. The molecule has 2 aliphatic heterocycles. The third-order valence-corrected chi connectivity index (χ3v) is 8.47. The molecule has 4 heterocycles. The number of likely N-dealkylation sites (tertiary alicyclic amines) is 1. The molecule has 2 aromatic carbocycles. The summed E-state index contributed by atoms with van der Waals surface area (Å²) in [6.45, 7) is 6.76. The average Bonchev–Trinajstić information content (AvgIpc) is 3.20. The number of aryl methyl sites for hydroxylation is 2. The van der Waals surface area contributed by atoms with Gasteiger partial charge in [0.1, 0.15) is 23.9 Å². The number of alkyl halides is 3. The van der Waals surface area contributed by atoms with Gasteiger partial charge in [-0.2, -0.15) is 18.4 Å². The fraction of sp³-hybridized carbons (Fsp3) is 0.414. The van der Waals surface area contributed by atoms with E-state index in [0.29, 0.717) is 16.6 Å². The molecule has 6 rings (SSSR count). The Kier molecular flexibility index (Phi) is 5.84. The smallest absolute Gasteiger partial charge is 0.355 e. The maximum atomic E-state index is 13.0. The first-order valence-electron chi connectivity index (χ1n) is 12.9. The number of fused-ring (bicyclic) bond motifs is 2. The topological polar surface area (TPSA) is 61.0 Å². The van der Waals surface area contributed by atoms with Crippen LogP contribution in [0.2, 0.25) is 0 Å². The van der Waals surface area contributed by atoms with Crippen molar-refractivity contribution < 1.29 is 13.2 Å². The molecule has 2 saturated heterocycles. The van der Waals surface area contributed by atoms with Crippen LogP contribution in [0, 0.1) is 23.7 Å². The van der Waals surface area contributed by atoms with Crippen LogP contribution in [0.3, 0.4) is 0 Å². The molecule has 196 valence electrons. The molecule has 2 aromatic heterocycles. The highest BCUT2D eigenvalue weighted by atomic mass is 19.4. The molecule has 0 saturated carbocycles. The lowest BCUT2D eigenvalue weighted by Gasteiger charge is -2.54. The molecule has 9 heteroatoms. The molecule has 38 heavy (non-hydrogen) atoms. The van der Waals surface area contributed by atoms with Crippen molar-refractivity contribution in [3.8, 4) is 6.07 Å². The van der Waals surface area contributed by atoms with Crippen molar-refractivity contribution in [2.75, 3.05) is 31.1 Å². The van der Waals surface area contributed by atoms with Crippen molar-refractivity contribution in [1.29, 1.82) is 5.26 Å². The van der Waals surface area contributed by atoms with Crippen LogP contribution in [-0.2, 0) is 20.0 Å². The van der Waals surface area contributed by atoms with Crippen molar-refractivity contribution in [1.82, 2.24) is 19.4 Å². The van der Waals surface area contributed by atoms with Crippen LogP contribution >= 0.6 is 0 Å². The van der Waals surface area contributed by atoms with Crippen molar-refractivity contribution >= 4 is 27.6 Å². The van der Waals surface area contributed by atoms with E-state index in [9.17, 15) is 18.4 Å². The van der Waals surface area contributed by atoms with Gasteiger partial charge < -0.3 is 9.47 Å². The lowest BCUT2D eigenvalue weighted by Crippen LogP contribution is -2.60. The van der Waals surface area contributed by atoms with Crippen molar-refractivity contribution in [2.24, 2.45) is 12.5 Å². The Morgan fingerprint density at radius 3 is 2.50 bits per heavy atom. The first-order chi connectivity index (χ1) is 18.1. The molecular weight excluding hydrogens is 489 g/mol. The number of piperidine rings is 1. The molecule has 0 unspecified atom stereocenters. The van der Waals surface area contributed by atoms with E-state index in [1.165, 1.54) is 23.5 Å². The number of rotatable bonds is 4. The summed E-state index contributed by atoms with van der Waals surface area (Å²) in [6.07, 6.45) is -1.54. The Labute approximate surface area is 219 Å². The molecule has 2 fully saturated rings. The Balaban J connectivity index is 1.12. The molecule has 0 radical (unpaired) electrons. The normalized spacial score (nSPS) is 17.7. The highest BCUT2D eigenvalue weighted by Crippen LogP contribution is 2.44. The second kappa shape index (κ2) is 8.98. The lowest BCUT2D eigenvalue weighted by atomic mass is 9.72. The zero-order valence-electron chi connectivity index (χ0n) is 21.5. The predicted octanol–water partition coefficient (Wildman–Crippen LogP) is 5.51. The Bertz CT molecular complexity index is 1570. The summed E-state index contributed by atoms with van der Waals surface area (Å²) in [5.41, 5.74) is 5.40. The van der Waals surface area contributed by atoms with E-state index < -0.39 is 12.6 Å². The first kappa shape index (κ1) is 24.7. The molecule has 1 spiro atoms. The minimum Gasteiger partial charge on any atom is -0.355 e. The Hall–Kier alpha value is -3.64. The minimum absolute atomic E-state index is 0.220. The summed E-state index contributed by atoms with van der Waals surface area (Å²) < 4.78 is 40.8. The molecule has 0 amide bonds. The van der Waals surface area contributed by atoms with Crippen LogP contribution in [0.15, 0.2) is 42.7 Å². The second-order valence-corrected chi connectivity index (χ2v) is 11.0. The van der Waals surface area contributed by atoms with Crippen LogP contribution in [0.4, 0.5) is 19.0 Å². The summed E-state index contributed by atoms with van der Waals surface area (Å²) in [5.74, 6) is 0.732. The van der Waals surface area contributed by atoms with Gasteiger partial charge in [0.2, 0.25) is 0 Å². The average molecular weight is 519 g/mol. The van der Waals surface area contributed by atoms with Gasteiger partial charge in [-0.15, -0.1) is 0 Å². The van der Waals surface area contributed by atoms with Crippen molar-refractivity contribution in [2.45, 2.75) is 38.9 Å². The van der Waals surface area contributed by atoms with Gasteiger partial charge in [-0.3, -0.25) is 4.90 Å². The SMILES string of the molecule is Cc1c(CN2CCC3(CC2)CN(c2ncnc4ccc(CC(F)(F)F)cc24)C3)ccc2c1cc(C#N)n2C. The van der Waals surface area contributed by atoms with Crippen molar-refractivity contribution in [3.05, 3.63) is 65.1 Å². The van der Waals surface area contributed by atoms with Crippen LogP contribution in [0.5, 0.6) is 0 Å². The van der Waals surface area contributed by atoms with Gasteiger partial charge in [0.15, 0.2) is 0 Å². The minimum atomic E-state index is -4.25. The van der Waals surface area contributed by atoms with E-state index in [0.717, 1.165) is 62.3 Å². The summed E-state index contributed by atoms with van der Waals surface area (Å²) in [6, 6.07) is 13.3. The number of anilines is 1. The molecule has 0 N–H and O–H groups in total. The number of halogens is 3. The summed E-state index contributed by atoms with van der Waals surface area (Å²) in [5, 5.41) is 11.2. The van der Waals surface area contributed by atoms with Crippen LogP contribution in [0.1, 0.15) is 35.2 Å². The molecule has 6 nitrogen and oxygen atoms in total. The number of aromatic nitrogens is 3. The van der Waals surface area contributed by atoms with Gasteiger partial charge in [0.05, 0.1) is 11.9 Å². The van der Waals surface area contributed by atoms with Crippen LogP contribution in [0.25, 0.3) is 21.8 Å². The van der Waals surface area contributed by atoms with Gasteiger partial charge in [0, 0.05) is 48.4 Å². The molecular formula is C29H29F3N6. The van der Waals surface area contributed by atoms with E-state index >= 15 is 0 Å². The maximum absolute atomic E-state index is 13.0. The van der Waals surface area contributed by atoms with E-state index in [2.05, 4.69) is 44.9 Å². The number of nitriles is 1. The van der Waals surface area contributed by atoms with E-state index in [1.807, 2.05) is 17.7 Å². The Morgan fingerprint density at radius 2 is 1.79 bits per heavy atom. The Morgan fingerprint density at radius 1 is 1.03 bits per heavy atom. The first-order valence-corrected chi connectivity index (χ1v) is 12.9. The highest BCUT2D eigenvalue weighted by molar-refractivity contribution is 5.90. The van der Waals surface area contributed by atoms with Crippen molar-refractivity contribution in [3.63, 3.8) is 0 Å². The summed E-state index contributed by atoms with van der Waals surface area (Å²) in [4.78, 5) is 13.4. The molecule has 2 aliphatic rings. The molecule has 0 aliphatic carbocycles. The summed E-state index contributed by atoms with van der Waals surface area (Å²) in [7, 11) is 1.93. The fourth-order valence-electron chi connectivity index (χ4n) is 6.22. The zero-order chi connectivity index (χ0) is 26.7. The number of nitrogens with zero attached hydrogens (tertiary/aromatic N) is 6. The standard InChI is InChI=1S/C29H29F3N6/c1-19-21(4-6-26-23(19)12-22(14-33)36(26)2)15-37-9-7-28(8-10-37)16-38(17-28)27-24-11-20(13-29(30,31)32)3-5-25(24)34-18-35-27/h3-6,11-12,18H,7-10,13,15-17H2,1-2H3. The zero-order valence-corrected chi connectivity index (χ0v) is 21.5. The summed E-state index contributed by atoms with van der Waals surface area (Å²) >= 11 is 0. The predicted molar refractivity (Wildman–Crippen MR) is 141 cm³/mol. The van der Waals surface area contributed by atoms with Gasteiger partial charge in [-0.05, 0) is 73.8 Å². The van der Waals surface area contributed by atoms with E-state index in [-0.39, 0.29) is 11.0 Å².